The minimum absolute atomic E-state index is 0.0211. The van der Waals surface area contributed by atoms with Crippen molar-refractivity contribution in [3.8, 4) is 0 Å². The number of amides is 3. The molecule has 2 aromatic rings. The molecule has 0 spiro atoms. The Bertz CT molecular complexity index is 865. The van der Waals surface area contributed by atoms with Crippen molar-refractivity contribution in [1.82, 2.24) is 15.2 Å². The molecule has 0 radical (unpaired) electrons. The molecule has 1 atom stereocenters. The highest BCUT2D eigenvalue weighted by Crippen LogP contribution is 2.33. The van der Waals surface area contributed by atoms with Gasteiger partial charge in [-0.15, -0.1) is 11.3 Å². The number of halogens is 1. The second kappa shape index (κ2) is 8.52. The van der Waals surface area contributed by atoms with E-state index in [-0.39, 0.29) is 36.4 Å². The van der Waals surface area contributed by atoms with E-state index in [1.54, 1.807) is 30.5 Å². The summed E-state index contributed by atoms with van der Waals surface area (Å²) in [5.41, 5.74) is 1.62. The van der Waals surface area contributed by atoms with Crippen LogP contribution in [-0.4, -0.2) is 47.2 Å². The lowest BCUT2D eigenvalue weighted by atomic mass is 10.0. The van der Waals surface area contributed by atoms with Crippen molar-refractivity contribution in [2.75, 3.05) is 13.6 Å². The Morgan fingerprint density at radius 1 is 1.32 bits per heavy atom. The number of hydrogen-bond donors (Lipinski definition) is 1. The van der Waals surface area contributed by atoms with Gasteiger partial charge in [0.05, 0.1) is 16.6 Å². The summed E-state index contributed by atoms with van der Waals surface area (Å²) >= 11 is 1.56. The number of rotatable bonds is 5. The summed E-state index contributed by atoms with van der Waals surface area (Å²) in [5, 5.41) is 10.7. The number of benzene rings is 1. The average molecular weight is 402 g/mol. The molecular weight excluding hydrogens is 379 g/mol. The maximum Gasteiger partial charge on any atom is 0.317 e. The van der Waals surface area contributed by atoms with Crippen LogP contribution in [0.1, 0.15) is 36.8 Å². The van der Waals surface area contributed by atoms with Crippen molar-refractivity contribution in [1.29, 1.82) is 0 Å². The first-order valence-corrected chi connectivity index (χ1v) is 9.93. The zero-order valence-corrected chi connectivity index (χ0v) is 16.9. The number of thiophene rings is 1. The van der Waals surface area contributed by atoms with Gasteiger partial charge in [-0.1, -0.05) is 18.2 Å². The summed E-state index contributed by atoms with van der Waals surface area (Å²) in [7, 11) is 1.57. The lowest BCUT2D eigenvalue weighted by molar-refractivity contribution is -0.133. The van der Waals surface area contributed by atoms with Gasteiger partial charge in [0.25, 0.3) is 5.91 Å². The number of nitrogens with one attached hydrogen (secondary N) is 1. The molecule has 0 saturated carbocycles. The Kier molecular flexibility index (Phi) is 6.08. The van der Waals surface area contributed by atoms with Crippen molar-refractivity contribution in [3.05, 3.63) is 58.0 Å². The molecule has 1 aromatic heterocycles. The van der Waals surface area contributed by atoms with Crippen LogP contribution < -0.4 is 5.32 Å². The molecule has 28 heavy (non-hydrogen) atoms. The summed E-state index contributed by atoms with van der Waals surface area (Å²) in [5.74, 6) is -0.619. The fraction of sp³-hybridized carbons (Fsp3) is 0.350. The highest BCUT2D eigenvalue weighted by atomic mass is 32.1. The van der Waals surface area contributed by atoms with Gasteiger partial charge in [0, 0.05) is 19.5 Å². The summed E-state index contributed by atoms with van der Waals surface area (Å²) in [6.45, 7) is 3.61. The predicted molar refractivity (Wildman–Crippen MR) is 108 cm³/mol. The van der Waals surface area contributed by atoms with E-state index in [9.17, 15) is 14.0 Å². The topological polar surface area (TPSA) is 65.0 Å². The number of nitrogens with zero attached hydrogens (tertiary/aromatic N) is 3. The Balaban J connectivity index is 1.81. The standard InChI is InChI=1S/C20H23FN4O2S/c1-13(2)22-20(27)24(3)12-19(26)25-17(14-6-8-15(21)9-7-14)11-16(23-25)18-5-4-10-28-18/h4-10,13,17H,11-12H2,1-3H3,(H,22,27)/t17-/m1/s1. The number of hydrazone groups is 1. The van der Waals surface area contributed by atoms with E-state index in [0.29, 0.717) is 6.42 Å². The lowest BCUT2D eigenvalue weighted by Crippen LogP contribution is -2.45. The van der Waals surface area contributed by atoms with Crippen LogP contribution >= 0.6 is 11.3 Å². The van der Waals surface area contributed by atoms with Crippen LogP contribution in [0.15, 0.2) is 46.9 Å². The molecular formula is C20H23FN4O2S. The Morgan fingerprint density at radius 3 is 2.64 bits per heavy atom. The minimum Gasteiger partial charge on any atom is -0.336 e. The number of likely N-dealkylation sites (N-methyl/N-ethyl adjacent to an activating group) is 1. The lowest BCUT2D eigenvalue weighted by Gasteiger charge is -2.25. The number of carbonyl (C=O) groups excluding carboxylic acids is 2. The molecule has 2 heterocycles. The van der Waals surface area contributed by atoms with Crippen molar-refractivity contribution in [2.24, 2.45) is 5.10 Å². The van der Waals surface area contributed by atoms with Gasteiger partial charge < -0.3 is 10.2 Å². The van der Waals surface area contributed by atoms with Crippen molar-refractivity contribution < 1.29 is 14.0 Å². The van der Waals surface area contributed by atoms with Crippen molar-refractivity contribution >= 4 is 29.0 Å². The summed E-state index contributed by atoms with van der Waals surface area (Å²) in [4.78, 5) is 27.4. The van der Waals surface area contributed by atoms with Gasteiger partial charge >= 0.3 is 6.03 Å². The van der Waals surface area contributed by atoms with Gasteiger partial charge in [0.15, 0.2) is 0 Å². The second-order valence-corrected chi connectivity index (χ2v) is 7.94. The maximum absolute atomic E-state index is 13.3. The third-order valence-electron chi connectivity index (χ3n) is 4.36. The smallest absolute Gasteiger partial charge is 0.317 e. The molecule has 0 bridgehead atoms. The van der Waals surface area contributed by atoms with E-state index < -0.39 is 0 Å². The second-order valence-electron chi connectivity index (χ2n) is 6.99. The van der Waals surface area contributed by atoms with E-state index in [2.05, 4.69) is 10.4 Å². The van der Waals surface area contributed by atoms with Crippen LogP contribution in [0.2, 0.25) is 0 Å². The van der Waals surface area contributed by atoms with E-state index in [4.69, 9.17) is 0 Å². The fourth-order valence-electron chi connectivity index (χ4n) is 2.98. The van der Waals surface area contributed by atoms with Crippen LogP contribution in [-0.2, 0) is 4.79 Å². The molecule has 0 aliphatic carbocycles. The highest BCUT2D eigenvalue weighted by Gasteiger charge is 2.34. The van der Waals surface area contributed by atoms with Gasteiger partial charge in [-0.05, 0) is 43.0 Å². The van der Waals surface area contributed by atoms with Gasteiger partial charge in [-0.25, -0.2) is 14.2 Å². The van der Waals surface area contributed by atoms with Crippen LogP contribution in [0.25, 0.3) is 0 Å². The quantitative estimate of drug-likeness (QED) is 0.830. The monoisotopic (exact) mass is 402 g/mol. The van der Waals surface area contributed by atoms with Crippen LogP contribution in [0.3, 0.4) is 0 Å². The molecule has 1 aliphatic heterocycles. The number of hydrogen-bond acceptors (Lipinski definition) is 4. The van der Waals surface area contributed by atoms with E-state index >= 15 is 0 Å². The zero-order valence-electron chi connectivity index (χ0n) is 16.1. The third kappa shape index (κ3) is 4.56. The summed E-state index contributed by atoms with van der Waals surface area (Å²) in [6, 6.07) is 9.32. The molecule has 0 fully saturated rings. The molecule has 1 N–H and O–H groups in total. The van der Waals surface area contributed by atoms with Crippen LogP contribution in [0.5, 0.6) is 0 Å². The molecule has 0 saturated heterocycles. The molecule has 3 amide bonds. The maximum atomic E-state index is 13.3. The van der Waals surface area contributed by atoms with Gasteiger partial charge in [0.2, 0.25) is 0 Å². The van der Waals surface area contributed by atoms with E-state index in [0.717, 1.165) is 16.2 Å². The highest BCUT2D eigenvalue weighted by molar-refractivity contribution is 7.12. The Hall–Kier alpha value is -2.74. The van der Waals surface area contributed by atoms with Crippen LogP contribution in [0.4, 0.5) is 9.18 Å². The number of carbonyl (C=O) groups is 2. The van der Waals surface area contributed by atoms with Crippen molar-refractivity contribution in [2.45, 2.75) is 32.4 Å². The first-order chi connectivity index (χ1) is 13.3. The van der Waals surface area contributed by atoms with Crippen molar-refractivity contribution in [3.63, 3.8) is 0 Å². The molecule has 8 heteroatoms. The number of urea groups is 1. The van der Waals surface area contributed by atoms with Gasteiger partial charge in [-0.2, -0.15) is 5.10 Å². The minimum atomic E-state index is -0.330. The van der Waals surface area contributed by atoms with Crippen LogP contribution in [0, 0.1) is 5.82 Å². The molecule has 1 aliphatic rings. The normalized spacial score (nSPS) is 16.2. The first-order valence-electron chi connectivity index (χ1n) is 9.05. The summed E-state index contributed by atoms with van der Waals surface area (Å²) in [6.07, 6.45) is 0.541. The first kappa shape index (κ1) is 20.0. The Labute approximate surface area is 167 Å². The van der Waals surface area contributed by atoms with Gasteiger partial charge in [0.1, 0.15) is 12.4 Å². The third-order valence-corrected chi connectivity index (χ3v) is 5.28. The molecule has 6 nitrogen and oxygen atoms in total. The molecule has 3 rings (SSSR count). The fourth-order valence-corrected chi connectivity index (χ4v) is 3.70. The largest absolute Gasteiger partial charge is 0.336 e. The summed E-state index contributed by atoms with van der Waals surface area (Å²) < 4.78 is 13.3. The van der Waals surface area contributed by atoms with Gasteiger partial charge in [-0.3, -0.25) is 4.79 Å². The SMILES string of the molecule is CC(C)NC(=O)N(C)CC(=O)N1N=C(c2cccs2)C[C@@H]1c1ccc(F)cc1. The molecule has 148 valence electrons. The molecule has 1 aromatic carbocycles. The Morgan fingerprint density at radius 2 is 2.04 bits per heavy atom. The van der Waals surface area contributed by atoms with E-state index in [1.165, 1.54) is 22.0 Å². The zero-order chi connectivity index (χ0) is 20.3. The van der Waals surface area contributed by atoms with E-state index in [1.807, 2.05) is 31.4 Å². The molecule has 0 unspecified atom stereocenters. The predicted octanol–water partition coefficient (Wildman–Crippen LogP) is 3.61. The average Bonchev–Trinajstić information content (AvgIpc) is 3.31.